The first-order valence-electron chi connectivity index (χ1n) is 6.23. The molecule has 20 heavy (non-hydrogen) atoms. The van der Waals surface area contributed by atoms with Gasteiger partial charge < -0.3 is 5.11 Å². The Labute approximate surface area is 119 Å². The zero-order valence-corrected chi connectivity index (χ0v) is 12.2. The van der Waals surface area contributed by atoms with E-state index in [9.17, 15) is 13.5 Å². The molecular weight excluding hydrogens is 274 g/mol. The highest BCUT2D eigenvalue weighted by atomic mass is 32.2. The third-order valence-electron chi connectivity index (χ3n) is 3.19. The van der Waals surface area contributed by atoms with Gasteiger partial charge in [0, 0.05) is 6.54 Å². The number of rotatable bonds is 4. The number of nitrogens with one attached hydrogen (secondary N) is 1. The van der Waals surface area contributed by atoms with Gasteiger partial charge in [0.25, 0.3) is 0 Å². The smallest absolute Gasteiger partial charge is 0.240 e. The third kappa shape index (κ3) is 3.37. The van der Waals surface area contributed by atoms with Crippen molar-refractivity contribution in [3.8, 4) is 5.75 Å². The number of aryl methyl sites for hydroxylation is 2. The van der Waals surface area contributed by atoms with E-state index >= 15 is 0 Å². The van der Waals surface area contributed by atoms with Crippen LogP contribution in [0.2, 0.25) is 0 Å². The summed E-state index contributed by atoms with van der Waals surface area (Å²) in [7, 11) is -3.52. The molecule has 0 unspecified atom stereocenters. The molecule has 2 rings (SSSR count). The minimum absolute atomic E-state index is 0.158. The van der Waals surface area contributed by atoms with Gasteiger partial charge in [0.15, 0.2) is 0 Å². The second-order valence-electron chi connectivity index (χ2n) is 4.74. The van der Waals surface area contributed by atoms with Crippen molar-refractivity contribution in [3.63, 3.8) is 0 Å². The van der Waals surface area contributed by atoms with Crippen molar-refractivity contribution in [2.24, 2.45) is 0 Å². The minimum Gasteiger partial charge on any atom is -0.508 e. The Morgan fingerprint density at radius 3 is 2.25 bits per heavy atom. The van der Waals surface area contributed by atoms with E-state index in [2.05, 4.69) is 4.72 Å². The standard InChI is InChI=1S/C15H17NO3S/c1-11-3-8-15(9-12(11)2)20(18,19)16-10-13-4-6-14(17)7-5-13/h3-9,16-17H,10H2,1-2H3. The number of phenolic OH excluding ortho intramolecular Hbond substituents is 1. The van der Waals surface area contributed by atoms with Crippen molar-refractivity contribution in [2.75, 3.05) is 0 Å². The van der Waals surface area contributed by atoms with Gasteiger partial charge in [0.2, 0.25) is 10.0 Å². The number of hydrogen-bond donors (Lipinski definition) is 2. The first-order valence-corrected chi connectivity index (χ1v) is 7.71. The molecule has 0 amide bonds. The fourth-order valence-corrected chi connectivity index (χ4v) is 2.86. The fraction of sp³-hybridized carbons (Fsp3) is 0.200. The fourth-order valence-electron chi connectivity index (χ4n) is 1.76. The Bertz CT molecular complexity index is 706. The first kappa shape index (κ1) is 14.6. The highest BCUT2D eigenvalue weighted by molar-refractivity contribution is 7.89. The first-order chi connectivity index (χ1) is 9.38. The molecule has 0 aliphatic rings. The van der Waals surface area contributed by atoms with Crippen molar-refractivity contribution in [3.05, 3.63) is 59.2 Å². The summed E-state index contributed by atoms with van der Waals surface area (Å²) in [6.07, 6.45) is 0. The van der Waals surface area contributed by atoms with Crippen LogP contribution in [-0.4, -0.2) is 13.5 Å². The molecule has 0 saturated carbocycles. The molecule has 0 aromatic heterocycles. The largest absolute Gasteiger partial charge is 0.508 e. The highest BCUT2D eigenvalue weighted by Gasteiger charge is 2.14. The van der Waals surface area contributed by atoms with Gasteiger partial charge in [-0.2, -0.15) is 0 Å². The summed E-state index contributed by atoms with van der Waals surface area (Å²) in [5.74, 6) is 0.158. The van der Waals surface area contributed by atoms with Gasteiger partial charge in [0.1, 0.15) is 5.75 Å². The molecule has 0 bridgehead atoms. The van der Waals surface area contributed by atoms with E-state index in [1.807, 2.05) is 13.8 Å². The average molecular weight is 291 g/mol. The Morgan fingerprint density at radius 1 is 1.00 bits per heavy atom. The van der Waals surface area contributed by atoms with Gasteiger partial charge in [-0.15, -0.1) is 0 Å². The Kier molecular flexibility index (Phi) is 4.11. The normalized spacial score (nSPS) is 11.5. The lowest BCUT2D eigenvalue weighted by Gasteiger charge is -2.09. The zero-order valence-electron chi connectivity index (χ0n) is 11.4. The average Bonchev–Trinajstić information content (AvgIpc) is 2.41. The third-order valence-corrected chi connectivity index (χ3v) is 4.59. The molecule has 0 fully saturated rings. The van der Waals surface area contributed by atoms with Crippen LogP contribution in [0.5, 0.6) is 5.75 Å². The highest BCUT2D eigenvalue weighted by Crippen LogP contribution is 2.15. The predicted octanol–water partition coefficient (Wildman–Crippen LogP) is 2.49. The van der Waals surface area contributed by atoms with E-state index in [1.54, 1.807) is 30.3 Å². The molecule has 0 aliphatic heterocycles. The molecule has 0 spiro atoms. The molecular formula is C15H17NO3S. The summed E-state index contributed by atoms with van der Waals surface area (Å²) < 4.78 is 26.9. The van der Waals surface area contributed by atoms with Crippen LogP contribution >= 0.6 is 0 Å². The summed E-state index contributed by atoms with van der Waals surface area (Å²) in [6, 6.07) is 11.5. The SMILES string of the molecule is Cc1ccc(S(=O)(=O)NCc2ccc(O)cc2)cc1C. The van der Waals surface area contributed by atoms with Crippen LogP contribution in [0.3, 0.4) is 0 Å². The van der Waals surface area contributed by atoms with Crippen LogP contribution in [0.25, 0.3) is 0 Å². The molecule has 5 heteroatoms. The Morgan fingerprint density at radius 2 is 1.65 bits per heavy atom. The maximum absolute atomic E-state index is 12.2. The van der Waals surface area contributed by atoms with Crippen LogP contribution in [0.1, 0.15) is 16.7 Å². The molecule has 0 heterocycles. The molecule has 0 saturated heterocycles. The molecule has 2 aromatic rings. The van der Waals surface area contributed by atoms with E-state index < -0.39 is 10.0 Å². The summed E-state index contributed by atoms with van der Waals surface area (Å²) in [5.41, 5.74) is 2.79. The molecule has 0 aliphatic carbocycles. The lowest BCUT2D eigenvalue weighted by Crippen LogP contribution is -2.23. The Balaban J connectivity index is 2.14. The molecule has 2 N–H and O–H groups in total. The van der Waals surface area contributed by atoms with Crippen molar-refractivity contribution in [2.45, 2.75) is 25.3 Å². The van der Waals surface area contributed by atoms with Crippen molar-refractivity contribution < 1.29 is 13.5 Å². The van der Waals surface area contributed by atoms with Crippen LogP contribution < -0.4 is 4.72 Å². The minimum atomic E-state index is -3.52. The van der Waals surface area contributed by atoms with E-state index in [0.717, 1.165) is 16.7 Å². The maximum Gasteiger partial charge on any atom is 0.240 e. The monoisotopic (exact) mass is 291 g/mol. The number of sulfonamides is 1. The molecule has 4 nitrogen and oxygen atoms in total. The van der Waals surface area contributed by atoms with Gasteiger partial charge in [-0.05, 0) is 54.8 Å². The van der Waals surface area contributed by atoms with Crippen LogP contribution in [0, 0.1) is 13.8 Å². The summed E-state index contributed by atoms with van der Waals surface area (Å²) in [6.45, 7) is 4.01. The van der Waals surface area contributed by atoms with Gasteiger partial charge in [-0.3, -0.25) is 0 Å². The zero-order chi connectivity index (χ0) is 14.8. The van der Waals surface area contributed by atoms with E-state index in [0.29, 0.717) is 0 Å². The van der Waals surface area contributed by atoms with Crippen LogP contribution in [0.4, 0.5) is 0 Å². The predicted molar refractivity (Wildman–Crippen MR) is 78.0 cm³/mol. The van der Waals surface area contributed by atoms with E-state index in [4.69, 9.17) is 0 Å². The number of benzene rings is 2. The lowest BCUT2D eigenvalue weighted by atomic mass is 10.1. The van der Waals surface area contributed by atoms with Crippen LogP contribution in [-0.2, 0) is 16.6 Å². The number of hydrogen-bond acceptors (Lipinski definition) is 3. The van der Waals surface area contributed by atoms with Crippen molar-refractivity contribution in [1.29, 1.82) is 0 Å². The van der Waals surface area contributed by atoms with Gasteiger partial charge in [0.05, 0.1) is 4.90 Å². The van der Waals surface area contributed by atoms with E-state index in [-0.39, 0.29) is 17.2 Å². The van der Waals surface area contributed by atoms with E-state index in [1.165, 1.54) is 12.1 Å². The van der Waals surface area contributed by atoms with Crippen molar-refractivity contribution in [1.82, 2.24) is 4.72 Å². The maximum atomic E-state index is 12.2. The van der Waals surface area contributed by atoms with Gasteiger partial charge in [-0.1, -0.05) is 18.2 Å². The van der Waals surface area contributed by atoms with Crippen LogP contribution in [0.15, 0.2) is 47.4 Å². The summed E-state index contributed by atoms with van der Waals surface area (Å²) >= 11 is 0. The van der Waals surface area contributed by atoms with Crippen molar-refractivity contribution >= 4 is 10.0 Å². The molecule has 106 valence electrons. The molecule has 2 aromatic carbocycles. The summed E-state index contributed by atoms with van der Waals surface area (Å²) in [4.78, 5) is 0.263. The van der Waals surface area contributed by atoms with Gasteiger partial charge in [-0.25, -0.2) is 13.1 Å². The lowest BCUT2D eigenvalue weighted by molar-refractivity contribution is 0.475. The summed E-state index contributed by atoms with van der Waals surface area (Å²) in [5, 5.41) is 9.18. The molecule has 0 atom stereocenters. The van der Waals surface area contributed by atoms with Gasteiger partial charge >= 0.3 is 0 Å². The second kappa shape index (κ2) is 5.64. The second-order valence-corrected chi connectivity index (χ2v) is 6.50. The topological polar surface area (TPSA) is 66.4 Å². The molecule has 0 radical (unpaired) electrons. The Hall–Kier alpha value is -1.85. The quantitative estimate of drug-likeness (QED) is 0.909. The number of aromatic hydroxyl groups is 1. The number of phenols is 1.